The number of nitrogens with zero attached hydrogens (tertiary/aromatic N) is 2. The van der Waals surface area contributed by atoms with E-state index in [-0.39, 0.29) is 123 Å². The third kappa shape index (κ3) is 17.7. The summed E-state index contributed by atoms with van der Waals surface area (Å²) in [5.41, 5.74) is 0.433. The van der Waals surface area contributed by atoms with E-state index in [4.69, 9.17) is 38.3 Å². The fourth-order valence-corrected chi connectivity index (χ4v) is 4.08. The molecule has 0 aromatic heterocycles. The normalized spacial score (nSPS) is 13.8. The average molecular weight is 769 g/mol. The average Bonchev–Trinajstić information content (AvgIpc) is 3.09. The maximum absolute atomic E-state index is 13.0. The van der Waals surface area contributed by atoms with Crippen molar-refractivity contribution in [3.05, 3.63) is 80.9 Å². The monoisotopic (exact) mass is 768 g/mol. The number of anilines is 4. The minimum Gasteiger partial charge on any atom is -0.550 e. The molecule has 53 heavy (non-hydrogen) atoms. The maximum Gasteiger partial charge on any atom is 1.00 e. The van der Waals surface area contributed by atoms with Gasteiger partial charge >= 0.3 is 63.4 Å². The van der Waals surface area contributed by atoms with Crippen LogP contribution in [0.25, 0.3) is 0 Å². The molecule has 3 aromatic carbocycles. The molecule has 21 heteroatoms. The van der Waals surface area contributed by atoms with Crippen LogP contribution in [-0.4, -0.2) is 93.9 Å². The largest absolute Gasteiger partial charge is 1.00 e. The zero-order valence-electron chi connectivity index (χ0n) is 29.0. The Kier molecular flexibility index (Phi) is 20.9. The summed E-state index contributed by atoms with van der Waals surface area (Å²) in [6, 6.07) is 11.8. The van der Waals surface area contributed by atoms with E-state index >= 15 is 0 Å². The number of amides is 4. The Morgan fingerprint density at radius 2 is 0.830 bits per heavy atom. The van der Waals surface area contributed by atoms with Crippen molar-refractivity contribution in [1.29, 1.82) is 0 Å². The van der Waals surface area contributed by atoms with Crippen LogP contribution in [0.3, 0.4) is 0 Å². The van der Waals surface area contributed by atoms with Crippen LogP contribution in [0.15, 0.2) is 60.7 Å². The Hall–Kier alpha value is -4.45. The molecule has 0 unspecified atom stereocenters. The number of carbonyl (C=O) groups is 3. The molecule has 1 heterocycles. The Morgan fingerprint density at radius 3 is 1.11 bits per heavy atom. The predicted molar refractivity (Wildman–Crippen MR) is 183 cm³/mol. The van der Waals surface area contributed by atoms with Crippen molar-refractivity contribution < 1.29 is 109 Å². The Balaban J connectivity index is 0.00000185. The van der Waals surface area contributed by atoms with Crippen LogP contribution in [0.1, 0.15) is 6.92 Å². The summed E-state index contributed by atoms with van der Waals surface area (Å²) in [6.45, 7) is 3.86. The summed E-state index contributed by atoms with van der Waals surface area (Å²) >= 11 is 0. The number of non-ortho nitro benzene ring substituents is 2. The van der Waals surface area contributed by atoms with Crippen LogP contribution >= 0.6 is 0 Å². The molecule has 0 fully saturated rings. The molecule has 1 aliphatic rings. The quantitative estimate of drug-likeness (QED) is 0.150. The zero-order chi connectivity index (χ0) is 37.7. The van der Waals surface area contributed by atoms with Crippen molar-refractivity contribution in [2.24, 2.45) is 0 Å². The van der Waals surface area contributed by atoms with Crippen molar-refractivity contribution >= 4 is 52.2 Å². The smallest absolute Gasteiger partial charge is 0.550 e. The number of nitro benzene ring substituents is 2. The fraction of sp³-hybridized carbons (Fsp3) is 0.344. The van der Waals surface area contributed by atoms with Gasteiger partial charge in [0.2, 0.25) is 0 Å². The van der Waals surface area contributed by atoms with E-state index in [2.05, 4.69) is 21.3 Å². The molecule has 4 N–H and O–H groups in total. The third-order valence-electron chi connectivity index (χ3n) is 6.34. The van der Waals surface area contributed by atoms with Gasteiger partial charge in [0.15, 0.2) is 11.5 Å². The number of carboxylic acids is 1. The van der Waals surface area contributed by atoms with E-state index in [1.54, 1.807) is 0 Å². The molecule has 0 saturated heterocycles. The van der Waals surface area contributed by atoms with Gasteiger partial charge in [0.05, 0.1) is 74.1 Å². The van der Waals surface area contributed by atoms with Crippen molar-refractivity contribution in [3.8, 4) is 11.5 Å². The van der Waals surface area contributed by atoms with Crippen molar-refractivity contribution in [2.75, 3.05) is 87.3 Å². The molecule has 0 bridgehead atoms. The first-order valence-corrected chi connectivity index (χ1v) is 15.6. The molecule has 4 amide bonds. The van der Waals surface area contributed by atoms with Gasteiger partial charge in [-0.05, 0) is 31.2 Å². The van der Waals surface area contributed by atoms with Crippen LogP contribution in [0.4, 0.5) is 43.7 Å². The number of ether oxygens (including phenoxy) is 6. The summed E-state index contributed by atoms with van der Waals surface area (Å²) in [7, 11) is 0. The first-order valence-electron chi connectivity index (χ1n) is 15.6. The van der Waals surface area contributed by atoms with Gasteiger partial charge in [0.1, 0.15) is 13.2 Å². The Morgan fingerprint density at radius 1 is 0.547 bits per heavy atom. The van der Waals surface area contributed by atoms with Gasteiger partial charge in [-0.1, -0.05) is 0 Å². The van der Waals surface area contributed by atoms with Crippen molar-refractivity contribution in [2.45, 2.75) is 6.92 Å². The molecule has 0 saturated carbocycles. The number of benzene rings is 3. The molecule has 20 nitrogen and oxygen atoms in total. The van der Waals surface area contributed by atoms with E-state index < -0.39 is 27.9 Å². The van der Waals surface area contributed by atoms with Crippen molar-refractivity contribution in [3.63, 3.8) is 0 Å². The number of carboxylic acid groups (broad SMARTS) is 1. The van der Waals surface area contributed by atoms with Gasteiger partial charge in [-0.2, -0.15) is 0 Å². The van der Waals surface area contributed by atoms with E-state index in [1.807, 2.05) is 0 Å². The Labute approximate surface area is 345 Å². The molecule has 3 aromatic rings. The van der Waals surface area contributed by atoms with E-state index in [0.717, 1.165) is 6.92 Å². The standard InChI is InChI=1S/C30H34N6O12.C2H4O2.K/c37-29(31-21-1-5-23(6-2-21)35(39)40)33-25-19-27-28(20-26(25)34-30(38)32-22-3-7-24(8-4-22)36(41)42)48-18-16-46-14-12-44-10-9-43-11-13-45-15-17-47-27;1-2(3)4;/h1-8,19-20H,9-18H2,(H2,31,33,37)(H2,32,34,38);1H3,(H,3,4);/q;;+1/p-1. The molecule has 0 radical (unpaired) electrons. The summed E-state index contributed by atoms with van der Waals surface area (Å²) < 4.78 is 33.9. The number of aliphatic carboxylic acids is 1. The third-order valence-corrected chi connectivity index (χ3v) is 6.34. The number of rotatable bonds is 6. The molecule has 4 rings (SSSR count). The first-order chi connectivity index (χ1) is 25.0. The van der Waals surface area contributed by atoms with Gasteiger partial charge in [-0.3, -0.25) is 20.2 Å². The maximum atomic E-state index is 13.0. The zero-order valence-corrected chi connectivity index (χ0v) is 32.1. The van der Waals surface area contributed by atoms with Gasteiger partial charge in [0, 0.05) is 53.7 Å². The van der Waals surface area contributed by atoms with Crippen LogP contribution in [0, 0.1) is 20.2 Å². The number of carbonyl (C=O) groups excluding carboxylic acids is 3. The Bertz CT molecular complexity index is 1530. The van der Waals surface area contributed by atoms with Gasteiger partial charge in [-0.15, -0.1) is 0 Å². The second-order valence-corrected chi connectivity index (χ2v) is 10.2. The summed E-state index contributed by atoms with van der Waals surface area (Å²) in [5.74, 6) is -0.655. The number of hydrogen-bond acceptors (Lipinski definition) is 14. The predicted octanol–water partition coefficient (Wildman–Crippen LogP) is 0.389. The second-order valence-electron chi connectivity index (χ2n) is 10.2. The number of urea groups is 2. The summed E-state index contributed by atoms with van der Waals surface area (Å²) in [5, 5.41) is 41.3. The molecular weight excluding hydrogens is 731 g/mol. The number of nitrogens with one attached hydrogen (secondary N) is 4. The summed E-state index contributed by atoms with van der Waals surface area (Å²) in [6.07, 6.45) is 0. The van der Waals surface area contributed by atoms with E-state index in [9.17, 15) is 29.8 Å². The van der Waals surface area contributed by atoms with Gasteiger partial charge in [-0.25, -0.2) is 9.59 Å². The number of fused-ring (bicyclic) bond motifs is 1. The van der Waals surface area contributed by atoms with Crippen molar-refractivity contribution in [1.82, 2.24) is 0 Å². The summed E-state index contributed by atoms with van der Waals surface area (Å²) in [4.78, 5) is 55.7. The van der Waals surface area contributed by atoms with Gasteiger partial charge in [0.25, 0.3) is 11.4 Å². The molecule has 0 atom stereocenters. The molecule has 280 valence electrons. The molecule has 0 spiro atoms. The van der Waals surface area contributed by atoms with E-state index in [0.29, 0.717) is 39.6 Å². The molecular formula is C32H37KN6O14. The SMILES string of the molecule is CC(=O)[O-].O=C(Nc1ccc([N+](=O)[O-])cc1)Nc1cc2c(cc1NC(=O)Nc1ccc([N+](=O)[O-])cc1)OCCOCCOCCOCCOCCO2.[K+]. The van der Waals surface area contributed by atoms with Gasteiger partial charge < -0.3 is 59.6 Å². The van der Waals surface area contributed by atoms with Crippen LogP contribution in [-0.2, 0) is 23.7 Å². The van der Waals surface area contributed by atoms with E-state index in [1.165, 1.54) is 60.7 Å². The molecule has 0 aliphatic carbocycles. The molecule has 1 aliphatic heterocycles. The minimum atomic E-state index is -1.08. The minimum absolute atomic E-state index is 0. The number of hydrogen-bond donors (Lipinski definition) is 4. The second kappa shape index (κ2) is 24.7. The van der Waals surface area contributed by atoms with Crippen LogP contribution in [0.2, 0.25) is 0 Å². The number of nitro groups is 2. The fourth-order valence-electron chi connectivity index (χ4n) is 4.08. The topological polar surface area (TPSA) is 264 Å². The van der Waals surface area contributed by atoms with Crippen LogP contribution < -0.4 is 87.2 Å². The first kappa shape index (κ1) is 44.7. The van der Waals surface area contributed by atoms with Crippen LogP contribution in [0.5, 0.6) is 11.5 Å².